The molecule has 1 rings (SSSR count). The zero-order valence-corrected chi connectivity index (χ0v) is 9.11. The van der Waals surface area contributed by atoms with Gasteiger partial charge in [-0.1, -0.05) is 0 Å². The lowest BCUT2D eigenvalue weighted by Crippen LogP contribution is -2.27. The molecule has 0 aromatic carbocycles. The fourth-order valence-corrected chi connectivity index (χ4v) is 2.14. The second-order valence-electron chi connectivity index (χ2n) is 2.92. The molecule has 6 heteroatoms. The van der Waals surface area contributed by atoms with Crippen molar-refractivity contribution < 1.29 is 8.42 Å². The molecule has 0 amide bonds. The number of hydrogen-bond acceptors (Lipinski definition) is 4. The number of nitriles is 1. The lowest BCUT2D eigenvalue weighted by molar-refractivity contribution is 0.476. The van der Waals surface area contributed by atoms with Crippen LogP contribution in [-0.2, 0) is 10.0 Å². The Balaban J connectivity index is 2.90. The zero-order valence-electron chi connectivity index (χ0n) is 8.29. The highest BCUT2D eigenvalue weighted by molar-refractivity contribution is 7.89. The summed E-state index contributed by atoms with van der Waals surface area (Å²) in [5.41, 5.74) is 0. The Labute approximate surface area is 89.0 Å². The van der Waals surface area contributed by atoms with Gasteiger partial charge in [-0.2, -0.15) is 9.57 Å². The molecule has 1 aromatic heterocycles. The van der Waals surface area contributed by atoms with E-state index in [1.807, 2.05) is 6.07 Å². The summed E-state index contributed by atoms with van der Waals surface area (Å²) in [6, 6.07) is 4.94. The third-order valence-corrected chi connectivity index (χ3v) is 3.72. The van der Waals surface area contributed by atoms with Crippen molar-refractivity contribution in [1.29, 1.82) is 5.26 Å². The van der Waals surface area contributed by atoms with Crippen molar-refractivity contribution in [1.82, 2.24) is 9.29 Å². The van der Waals surface area contributed by atoms with Gasteiger partial charge in [0.2, 0.25) is 10.0 Å². The highest BCUT2D eigenvalue weighted by Crippen LogP contribution is 2.11. The van der Waals surface area contributed by atoms with Gasteiger partial charge in [-0.15, -0.1) is 0 Å². The van der Waals surface area contributed by atoms with Crippen molar-refractivity contribution in [2.45, 2.75) is 11.3 Å². The average molecular weight is 225 g/mol. The van der Waals surface area contributed by atoms with Crippen LogP contribution in [0.3, 0.4) is 0 Å². The molecule has 0 bridgehead atoms. The molecule has 0 aliphatic heterocycles. The molecule has 80 valence electrons. The van der Waals surface area contributed by atoms with Crippen LogP contribution in [-0.4, -0.2) is 31.3 Å². The summed E-state index contributed by atoms with van der Waals surface area (Å²) in [7, 11) is -2.05. The van der Waals surface area contributed by atoms with Gasteiger partial charge in [0, 0.05) is 32.4 Å². The van der Waals surface area contributed by atoms with Crippen molar-refractivity contribution >= 4 is 10.0 Å². The molecule has 0 aliphatic rings. The predicted molar refractivity (Wildman–Crippen MR) is 54.3 cm³/mol. The Morgan fingerprint density at radius 3 is 2.87 bits per heavy atom. The van der Waals surface area contributed by atoms with Crippen LogP contribution in [0.4, 0.5) is 0 Å². The number of pyridine rings is 1. The van der Waals surface area contributed by atoms with Gasteiger partial charge in [-0.25, -0.2) is 8.42 Å². The number of nitrogens with zero attached hydrogens (tertiary/aromatic N) is 3. The molecule has 1 heterocycles. The van der Waals surface area contributed by atoms with Crippen LogP contribution in [0.2, 0.25) is 0 Å². The largest absolute Gasteiger partial charge is 0.263 e. The maximum atomic E-state index is 11.8. The maximum Gasteiger partial charge on any atom is 0.244 e. The third-order valence-electron chi connectivity index (χ3n) is 1.88. The van der Waals surface area contributed by atoms with E-state index in [1.165, 1.54) is 25.5 Å². The van der Waals surface area contributed by atoms with Crippen molar-refractivity contribution in [3.8, 4) is 6.07 Å². The fourth-order valence-electron chi connectivity index (χ4n) is 1.01. The predicted octanol–water partition coefficient (Wildman–Crippen LogP) is 0.616. The van der Waals surface area contributed by atoms with E-state index in [9.17, 15) is 8.42 Å². The Morgan fingerprint density at radius 1 is 1.60 bits per heavy atom. The van der Waals surface area contributed by atoms with E-state index < -0.39 is 10.0 Å². The summed E-state index contributed by atoms with van der Waals surface area (Å²) in [5.74, 6) is 0. The molecule has 0 atom stereocenters. The van der Waals surface area contributed by atoms with Gasteiger partial charge in [0.15, 0.2) is 0 Å². The molecular formula is C9H11N3O2S. The van der Waals surface area contributed by atoms with Crippen LogP contribution in [0.1, 0.15) is 6.42 Å². The minimum Gasteiger partial charge on any atom is -0.263 e. The fraction of sp³-hybridized carbons (Fsp3) is 0.333. The van der Waals surface area contributed by atoms with Crippen LogP contribution >= 0.6 is 0 Å². The van der Waals surface area contributed by atoms with Crippen LogP contribution < -0.4 is 0 Å². The molecule has 0 aliphatic carbocycles. The normalized spacial score (nSPS) is 11.3. The summed E-state index contributed by atoms with van der Waals surface area (Å²) in [5, 5.41) is 8.37. The minimum absolute atomic E-state index is 0.144. The van der Waals surface area contributed by atoms with Crippen LogP contribution in [0, 0.1) is 11.3 Å². The smallest absolute Gasteiger partial charge is 0.244 e. The van der Waals surface area contributed by atoms with Crippen molar-refractivity contribution in [3.05, 3.63) is 24.5 Å². The molecule has 0 fully saturated rings. The van der Waals surface area contributed by atoms with Crippen LogP contribution in [0.5, 0.6) is 0 Å². The molecule has 0 spiro atoms. The molecule has 0 radical (unpaired) electrons. The number of rotatable bonds is 4. The second kappa shape index (κ2) is 4.87. The zero-order chi connectivity index (χ0) is 11.3. The Morgan fingerprint density at radius 2 is 2.33 bits per heavy atom. The van der Waals surface area contributed by atoms with Crippen molar-refractivity contribution in [2.75, 3.05) is 13.6 Å². The first kappa shape index (κ1) is 11.6. The molecule has 15 heavy (non-hydrogen) atoms. The molecule has 0 saturated carbocycles. The van der Waals surface area contributed by atoms with Gasteiger partial charge in [-0.3, -0.25) is 4.98 Å². The van der Waals surface area contributed by atoms with E-state index in [0.29, 0.717) is 0 Å². The first-order valence-electron chi connectivity index (χ1n) is 4.32. The summed E-state index contributed by atoms with van der Waals surface area (Å²) >= 11 is 0. The lowest BCUT2D eigenvalue weighted by Gasteiger charge is -2.14. The summed E-state index contributed by atoms with van der Waals surface area (Å²) in [4.78, 5) is 3.89. The molecular weight excluding hydrogens is 214 g/mol. The monoisotopic (exact) mass is 225 g/mol. The summed E-state index contributed by atoms with van der Waals surface area (Å²) in [6.45, 7) is 0.188. The van der Waals surface area contributed by atoms with E-state index >= 15 is 0 Å². The third kappa shape index (κ3) is 2.75. The molecule has 1 aromatic rings. The maximum absolute atomic E-state index is 11.8. The summed E-state index contributed by atoms with van der Waals surface area (Å²) < 4.78 is 24.8. The van der Waals surface area contributed by atoms with Gasteiger partial charge in [0.1, 0.15) is 4.90 Å². The minimum atomic E-state index is -3.49. The van der Waals surface area contributed by atoms with Gasteiger partial charge < -0.3 is 0 Å². The van der Waals surface area contributed by atoms with E-state index in [0.717, 1.165) is 4.31 Å². The second-order valence-corrected chi connectivity index (χ2v) is 4.97. The van der Waals surface area contributed by atoms with Gasteiger partial charge in [-0.05, 0) is 12.1 Å². The highest BCUT2D eigenvalue weighted by Gasteiger charge is 2.19. The molecule has 0 saturated heterocycles. The number of hydrogen-bond donors (Lipinski definition) is 0. The van der Waals surface area contributed by atoms with E-state index in [4.69, 9.17) is 5.26 Å². The first-order chi connectivity index (χ1) is 7.09. The van der Waals surface area contributed by atoms with Crippen LogP contribution in [0.15, 0.2) is 29.4 Å². The van der Waals surface area contributed by atoms with E-state index in [2.05, 4.69) is 4.98 Å². The molecule has 0 unspecified atom stereocenters. The van der Waals surface area contributed by atoms with Gasteiger partial charge >= 0.3 is 0 Å². The van der Waals surface area contributed by atoms with E-state index in [1.54, 1.807) is 6.07 Å². The first-order valence-corrected chi connectivity index (χ1v) is 5.76. The average Bonchev–Trinajstić information content (AvgIpc) is 2.27. The standard InChI is InChI=1S/C9H11N3O2S/c1-12(7-3-5-10)15(13,14)9-4-2-6-11-8-9/h2,4,6,8H,3,7H2,1H3. The van der Waals surface area contributed by atoms with E-state index in [-0.39, 0.29) is 17.9 Å². The van der Waals surface area contributed by atoms with Crippen molar-refractivity contribution in [2.24, 2.45) is 0 Å². The van der Waals surface area contributed by atoms with Crippen molar-refractivity contribution in [3.63, 3.8) is 0 Å². The van der Waals surface area contributed by atoms with Crippen LogP contribution in [0.25, 0.3) is 0 Å². The topological polar surface area (TPSA) is 74.1 Å². The number of sulfonamides is 1. The molecule has 5 nitrogen and oxygen atoms in total. The lowest BCUT2D eigenvalue weighted by atomic mass is 10.5. The summed E-state index contributed by atoms with van der Waals surface area (Å²) in [6.07, 6.45) is 2.97. The number of aromatic nitrogens is 1. The molecule has 0 N–H and O–H groups in total. The Kier molecular flexibility index (Phi) is 3.77. The Hall–Kier alpha value is -1.45. The van der Waals surface area contributed by atoms with Gasteiger partial charge in [0.05, 0.1) is 6.07 Å². The SMILES string of the molecule is CN(CCC#N)S(=O)(=O)c1cccnc1. The quantitative estimate of drug-likeness (QED) is 0.752. The highest BCUT2D eigenvalue weighted by atomic mass is 32.2. The van der Waals surface area contributed by atoms with Gasteiger partial charge in [0.25, 0.3) is 0 Å². The Bertz CT molecular complexity index is 450.